The van der Waals surface area contributed by atoms with Gasteiger partial charge in [0.15, 0.2) is 5.96 Å². The fourth-order valence-electron chi connectivity index (χ4n) is 4.56. The number of nitrogens with one attached hydrogen (secondary N) is 4. The molecule has 12 heteroatoms. The average molecular weight is 495 g/mol. The molecule has 2 aliphatic rings. The second-order valence-electron chi connectivity index (χ2n) is 9.02. The third-order valence-electron chi connectivity index (χ3n) is 6.25. The molecular formula is C22H34N6O5S. The van der Waals surface area contributed by atoms with Gasteiger partial charge in [0.2, 0.25) is 15.9 Å². The van der Waals surface area contributed by atoms with E-state index in [0.29, 0.717) is 43.8 Å². The highest BCUT2D eigenvalue weighted by molar-refractivity contribution is 7.89. The van der Waals surface area contributed by atoms with Gasteiger partial charge in [0.1, 0.15) is 17.0 Å². The summed E-state index contributed by atoms with van der Waals surface area (Å²) in [7, 11) is -4.09. The zero-order valence-electron chi connectivity index (χ0n) is 19.3. The van der Waals surface area contributed by atoms with E-state index in [0.717, 1.165) is 12.0 Å². The van der Waals surface area contributed by atoms with Crippen LogP contribution in [0.15, 0.2) is 23.1 Å². The van der Waals surface area contributed by atoms with Crippen molar-refractivity contribution in [1.82, 2.24) is 14.9 Å². The summed E-state index contributed by atoms with van der Waals surface area (Å²) >= 11 is 0. The van der Waals surface area contributed by atoms with Crippen LogP contribution in [0.4, 0.5) is 5.69 Å². The molecule has 7 N–H and O–H groups in total. The van der Waals surface area contributed by atoms with Crippen LogP contribution in [0.2, 0.25) is 0 Å². The molecule has 1 saturated heterocycles. The van der Waals surface area contributed by atoms with E-state index in [1.165, 1.54) is 11.0 Å². The molecule has 0 spiro atoms. The maximum absolute atomic E-state index is 13.4. The van der Waals surface area contributed by atoms with Crippen molar-refractivity contribution >= 4 is 33.5 Å². The fourth-order valence-corrected chi connectivity index (χ4v) is 6.01. The Morgan fingerprint density at radius 1 is 1.35 bits per heavy atom. The van der Waals surface area contributed by atoms with Gasteiger partial charge in [-0.15, -0.1) is 0 Å². The smallest absolute Gasteiger partial charge is 0.326 e. The van der Waals surface area contributed by atoms with Gasteiger partial charge in [0.25, 0.3) is 0 Å². The molecule has 0 radical (unpaired) electrons. The highest BCUT2D eigenvalue weighted by atomic mass is 32.2. The van der Waals surface area contributed by atoms with Gasteiger partial charge in [-0.05, 0) is 56.1 Å². The quantitative estimate of drug-likeness (QED) is 0.165. The molecule has 1 aromatic rings. The summed E-state index contributed by atoms with van der Waals surface area (Å²) in [4.78, 5) is 26.5. The van der Waals surface area contributed by atoms with Gasteiger partial charge < -0.3 is 26.4 Å². The first kappa shape index (κ1) is 25.8. The van der Waals surface area contributed by atoms with E-state index in [9.17, 15) is 23.1 Å². The van der Waals surface area contributed by atoms with Crippen molar-refractivity contribution in [2.24, 2.45) is 11.7 Å². The predicted molar refractivity (Wildman–Crippen MR) is 128 cm³/mol. The molecule has 3 atom stereocenters. The number of nitrogens with two attached hydrogens (primary N) is 1. The predicted octanol–water partition coefficient (Wildman–Crippen LogP) is 0.667. The Labute approximate surface area is 200 Å². The Hall–Kier alpha value is -2.86. The Kier molecular flexibility index (Phi) is 8.37. The van der Waals surface area contributed by atoms with Gasteiger partial charge in [-0.1, -0.05) is 19.1 Å². The summed E-state index contributed by atoms with van der Waals surface area (Å²) in [6.45, 7) is 3.27. The molecule has 0 aliphatic carbocycles. The van der Waals surface area contributed by atoms with Crippen LogP contribution in [0.25, 0.3) is 0 Å². The van der Waals surface area contributed by atoms with Crippen LogP contribution in [-0.2, 0) is 26.0 Å². The van der Waals surface area contributed by atoms with Crippen LogP contribution in [-0.4, -0.2) is 68.0 Å². The first-order valence-corrected chi connectivity index (χ1v) is 13.1. The van der Waals surface area contributed by atoms with Crippen LogP contribution < -0.4 is 21.1 Å². The molecular weight excluding hydrogens is 460 g/mol. The number of guanidine groups is 1. The number of anilines is 1. The lowest BCUT2D eigenvalue weighted by Gasteiger charge is -2.35. The van der Waals surface area contributed by atoms with Gasteiger partial charge in [-0.2, -0.15) is 4.72 Å². The molecule has 3 rings (SSSR count). The lowest BCUT2D eigenvalue weighted by atomic mass is 9.96. The van der Waals surface area contributed by atoms with Gasteiger partial charge >= 0.3 is 5.97 Å². The van der Waals surface area contributed by atoms with Crippen molar-refractivity contribution in [3.63, 3.8) is 0 Å². The summed E-state index contributed by atoms with van der Waals surface area (Å²) in [6, 6.07) is 2.96. The average Bonchev–Trinajstić information content (AvgIpc) is 2.79. The van der Waals surface area contributed by atoms with Gasteiger partial charge in [-0.3, -0.25) is 10.2 Å². The number of nitrogens with zero attached hydrogens (tertiary/aromatic N) is 1. The third kappa shape index (κ3) is 6.17. The number of carboxylic acid groups (broad SMARTS) is 1. The number of hydrogen-bond acceptors (Lipinski definition) is 6. The Morgan fingerprint density at radius 2 is 2.12 bits per heavy atom. The minimum atomic E-state index is -4.09. The number of benzene rings is 1. The number of carbonyl (C=O) groups is 2. The zero-order chi connectivity index (χ0) is 24.9. The molecule has 1 aromatic carbocycles. The number of likely N-dealkylation sites (tertiary alicyclic amines) is 1. The number of hydrogen-bond donors (Lipinski definition) is 6. The molecule has 2 heterocycles. The maximum Gasteiger partial charge on any atom is 0.326 e. The van der Waals surface area contributed by atoms with E-state index in [4.69, 9.17) is 11.1 Å². The number of piperidine rings is 1. The summed E-state index contributed by atoms with van der Waals surface area (Å²) in [6.07, 6.45) is 2.92. The number of sulfonamides is 1. The van der Waals surface area contributed by atoms with Crippen molar-refractivity contribution in [3.8, 4) is 0 Å². The second kappa shape index (κ2) is 11.0. The lowest BCUT2D eigenvalue weighted by Crippen LogP contribution is -2.55. The minimum absolute atomic E-state index is 0.0741. The van der Waals surface area contributed by atoms with Crippen LogP contribution in [0.1, 0.15) is 44.6 Å². The first-order valence-electron chi connectivity index (χ1n) is 11.6. The summed E-state index contributed by atoms with van der Waals surface area (Å²) in [5.74, 6) is -1.50. The van der Waals surface area contributed by atoms with Crippen LogP contribution in [0.3, 0.4) is 0 Å². The van der Waals surface area contributed by atoms with E-state index < -0.39 is 34.0 Å². The van der Waals surface area contributed by atoms with Crippen molar-refractivity contribution in [2.45, 2.75) is 62.4 Å². The van der Waals surface area contributed by atoms with Crippen LogP contribution in [0, 0.1) is 11.3 Å². The largest absolute Gasteiger partial charge is 0.480 e. The standard InChI is InChI=1S/C22H34N6O5S/c1-14-12-15-6-4-9-18(19(15)26-13-14)34(32,33)27-16(7-5-10-25-22(23)24)20(29)28-11-3-2-8-17(28)21(30)31/h4,6,9,14,16-17,26-27H,2-3,5,7-8,10-13H2,1H3,(H,30,31)(H4,23,24,25)/t14-,16-,17+/m0/s1. The van der Waals surface area contributed by atoms with Gasteiger partial charge in [0, 0.05) is 19.6 Å². The lowest BCUT2D eigenvalue weighted by molar-refractivity contribution is -0.152. The van der Waals surface area contributed by atoms with Crippen molar-refractivity contribution in [2.75, 3.05) is 25.0 Å². The molecule has 0 saturated carbocycles. The maximum atomic E-state index is 13.4. The normalized spacial score (nSPS) is 21.1. The van der Waals surface area contributed by atoms with E-state index in [-0.39, 0.29) is 30.4 Å². The molecule has 11 nitrogen and oxygen atoms in total. The molecule has 0 bridgehead atoms. The van der Waals surface area contributed by atoms with E-state index >= 15 is 0 Å². The Morgan fingerprint density at radius 3 is 2.82 bits per heavy atom. The van der Waals surface area contributed by atoms with E-state index in [1.54, 1.807) is 6.07 Å². The molecule has 34 heavy (non-hydrogen) atoms. The number of amides is 1. The molecule has 1 amide bonds. The molecule has 188 valence electrons. The summed E-state index contributed by atoms with van der Waals surface area (Å²) in [5.41, 5.74) is 6.74. The fraction of sp³-hybridized carbons (Fsp3) is 0.591. The Balaban J connectivity index is 1.86. The second-order valence-corrected chi connectivity index (χ2v) is 10.7. The SMILES string of the molecule is C[C@@H]1CNc2c(cccc2S(=O)(=O)N[C@@H](CCCNC(=N)N)C(=O)N2CCCC[C@@H]2C(=O)O)C1. The summed E-state index contributed by atoms with van der Waals surface area (Å²) in [5, 5.41) is 22.7. The molecule has 2 aliphatic heterocycles. The van der Waals surface area contributed by atoms with Crippen molar-refractivity contribution < 1.29 is 23.1 Å². The summed E-state index contributed by atoms with van der Waals surface area (Å²) < 4.78 is 29.4. The van der Waals surface area contributed by atoms with Crippen molar-refractivity contribution in [3.05, 3.63) is 23.8 Å². The number of fused-ring (bicyclic) bond motifs is 1. The number of carboxylic acids is 1. The molecule has 0 unspecified atom stereocenters. The molecule has 0 aromatic heterocycles. The number of para-hydroxylation sites is 1. The number of rotatable bonds is 9. The van der Waals surface area contributed by atoms with E-state index in [2.05, 4.69) is 22.3 Å². The molecule has 1 fully saturated rings. The zero-order valence-corrected chi connectivity index (χ0v) is 20.2. The first-order chi connectivity index (χ1) is 16.1. The number of aliphatic carboxylic acids is 1. The van der Waals surface area contributed by atoms with Crippen molar-refractivity contribution in [1.29, 1.82) is 5.41 Å². The highest BCUT2D eigenvalue weighted by Crippen LogP contribution is 2.31. The minimum Gasteiger partial charge on any atom is -0.480 e. The topological polar surface area (TPSA) is 178 Å². The van der Waals surface area contributed by atoms with Gasteiger partial charge in [-0.25, -0.2) is 13.2 Å². The van der Waals surface area contributed by atoms with Crippen LogP contribution >= 0.6 is 0 Å². The van der Waals surface area contributed by atoms with Gasteiger partial charge in [0.05, 0.1) is 5.69 Å². The van der Waals surface area contributed by atoms with Crippen LogP contribution in [0.5, 0.6) is 0 Å². The third-order valence-corrected chi connectivity index (χ3v) is 7.76. The number of carbonyl (C=O) groups excluding carboxylic acids is 1. The van der Waals surface area contributed by atoms with E-state index in [1.807, 2.05) is 6.07 Å². The monoisotopic (exact) mass is 494 g/mol. The highest BCUT2D eigenvalue weighted by Gasteiger charge is 2.37. The Bertz CT molecular complexity index is 1030.